The lowest BCUT2D eigenvalue weighted by Gasteiger charge is -2.04. The van der Waals surface area contributed by atoms with Crippen LogP contribution in [0.15, 0.2) is 5.10 Å². The van der Waals surface area contributed by atoms with Gasteiger partial charge in [0.1, 0.15) is 0 Å². The van der Waals surface area contributed by atoms with Crippen molar-refractivity contribution in [2.24, 2.45) is 16.8 Å². The summed E-state index contributed by atoms with van der Waals surface area (Å²) in [6, 6.07) is 0. The van der Waals surface area contributed by atoms with Gasteiger partial charge in [0.25, 0.3) is 0 Å². The fraction of sp³-hybridized carbons (Fsp3) is 0. The van der Waals surface area contributed by atoms with E-state index >= 15 is 0 Å². The quantitative estimate of drug-likeness (QED) is 0.160. The van der Waals surface area contributed by atoms with E-state index in [1.165, 1.54) is 0 Å². The molecule has 5 nitrogen and oxygen atoms in total. The lowest BCUT2D eigenvalue weighted by molar-refractivity contribution is -1.13. The zero-order valence-electron chi connectivity index (χ0n) is 3.20. The minimum atomic E-state index is -1.42. The molecule has 0 saturated carbocycles. The van der Waals surface area contributed by atoms with Crippen molar-refractivity contribution in [2.75, 3.05) is 0 Å². The van der Waals surface area contributed by atoms with Crippen LogP contribution in [0.1, 0.15) is 0 Å². The van der Waals surface area contributed by atoms with E-state index in [9.17, 15) is 0 Å². The third kappa shape index (κ3) is 3.51. The monoisotopic (exact) mass is 91.1 g/mol. The van der Waals surface area contributed by atoms with Crippen molar-refractivity contribution in [3.8, 4) is 0 Å². The second-order valence-corrected chi connectivity index (χ2v) is 0.842. The fourth-order valence-electron chi connectivity index (χ4n) is 0. The average Bonchev–Trinajstić information content (AvgIpc) is 1.35. The maximum absolute atomic E-state index is 8.09. The van der Waals surface area contributed by atoms with E-state index in [-0.39, 0.29) is 0 Å². The maximum atomic E-state index is 8.09. The van der Waals surface area contributed by atoms with Crippen molar-refractivity contribution in [3.05, 3.63) is 0 Å². The SMILES string of the molecule is C=N[N+](N)(N)O. The second-order valence-electron chi connectivity index (χ2n) is 0.842. The summed E-state index contributed by atoms with van der Waals surface area (Å²) in [6.07, 6.45) is 0. The van der Waals surface area contributed by atoms with Crippen molar-refractivity contribution in [3.63, 3.8) is 0 Å². The molecule has 0 heterocycles. The van der Waals surface area contributed by atoms with Crippen molar-refractivity contribution in [1.29, 1.82) is 0 Å². The van der Waals surface area contributed by atoms with E-state index in [0.29, 0.717) is 0 Å². The van der Waals surface area contributed by atoms with Gasteiger partial charge in [-0.3, -0.25) is 0 Å². The summed E-state index contributed by atoms with van der Waals surface area (Å²) >= 11 is 0. The Hall–Kier alpha value is -0.490. The van der Waals surface area contributed by atoms with Crippen molar-refractivity contribution in [1.82, 2.24) is 0 Å². The minimum Gasteiger partial charge on any atom is -0.145 e. The Kier molecular flexibility index (Phi) is 1.20. The normalized spacial score (nSPS) is 11.2. The van der Waals surface area contributed by atoms with Crippen LogP contribution >= 0.6 is 0 Å². The number of quaternary nitrogens is 1. The summed E-state index contributed by atoms with van der Waals surface area (Å²) in [5, 5.41) is 10.9. The predicted octanol–water partition coefficient (Wildman–Crippen LogP) is -1.44. The van der Waals surface area contributed by atoms with Crippen LogP contribution in [0.5, 0.6) is 0 Å². The van der Waals surface area contributed by atoms with Gasteiger partial charge in [0.2, 0.25) is 0 Å². The van der Waals surface area contributed by atoms with E-state index in [2.05, 4.69) is 23.5 Å². The van der Waals surface area contributed by atoms with Crippen molar-refractivity contribution < 1.29 is 10.2 Å². The molecule has 0 aliphatic rings. The molecule has 6 heavy (non-hydrogen) atoms. The molecule has 36 valence electrons. The van der Waals surface area contributed by atoms with E-state index in [4.69, 9.17) is 5.21 Å². The molecule has 0 aliphatic carbocycles. The first kappa shape index (κ1) is 5.51. The van der Waals surface area contributed by atoms with Gasteiger partial charge in [-0.15, -0.1) is 16.9 Å². The first-order valence-corrected chi connectivity index (χ1v) is 1.23. The van der Waals surface area contributed by atoms with E-state index in [1.54, 1.807) is 0 Å². The maximum Gasteiger partial charge on any atom is 0.0807 e. The smallest absolute Gasteiger partial charge is 0.0807 e. The first-order valence-electron chi connectivity index (χ1n) is 1.23. The van der Waals surface area contributed by atoms with Gasteiger partial charge in [0.15, 0.2) is 0 Å². The Morgan fingerprint density at radius 1 is 1.67 bits per heavy atom. The lowest BCUT2D eigenvalue weighted by atomic mass is 11.7. The molecule has 0 fully saturated rings. The largest absolute Gasteiger partial charge is 0.145 e. The van der Waals surface area contributed by atoms with E-state index in [0.717, 1.165) is 0 Å². The van der Waals surface area contributed by atoms with Gasteiger partial charge in [0.05, 0.1) is 11.7 Å². The summed E-state index contributed by atoms with van der Waals surface area (Å²) < 4.78 is 0. The second kappa shape index (κ2) is 1.31. The van der Waals surface area contributed by atoms with Gasteiger partial charge in [-0.1, -0.05) is 0 Å². The number of nitrogens with zero attached hydrogens (tertiary/aromatic N) is 2. The number of hydrogen-bond acceptors (Lipinski definition) is 4. The Morgan fingerprint density at radius 3 is 1.83 bits per heavy atom. The standard InChI is InChI=1S/CH7N4O/c1-4-5(2,3)6/h6H,1-3H2/q+1. The average molecular weight is 91.1 g/mol. The lowest BCUT2D eigenvalue weighted by Crippen LogP contribution is -2.52. The molecule has 5 N–H and O–H groups in total. The summed E-state index contributed by atoms with van der Waals surface area (Å²) in [4.78, 5) is -1.42. The third-order valence-corrected chi connectivity index (χ3v) is 0.227. The molecule has 0 radical (unpaired) electrons. The van der Waals surface area contributed by atoms with Crippen LogP contribution in [-0.2, 0) is 0 Å². The zero-order valence-corrected chi connectivity index (χ0v) is 3.20. The minimum absolute atomic E-state index is 1.42. The fourth-order valence-corrected chi connectivity index (χ4v) is 0. The Labute approximate surface area is 34.9 Å². The number of rotatable bonds is 1. The summed E-state index contributed by atoms with van der Waals surface area (Å²) in [7, 11) is 0. The van der Waals surface area contributed by atoms with Crippen LogP contribution in [0, 0.1) is 0 Å². The van der Waals surface area contributed by atoms with Crippen LogP contribution in [0.2, 0.25) is 0 Å². The highest BCUT2D eigenvalue weighted by Gasteiger charge is 2.04. The van der Waals surface area contributed by atoms with Crippen LogP contribution < -0.4 is 11.7 Å². The highest BCUT2D eigenvalue weighted by molar-refractivity contribution is 5.20. The van der Waals surface area contributed by atoms with Crippen LogP contribution in [-0.4, -0.2) is 16.9 Å². The first-order chi connectivity index (χ1) is 2.56. The molecule has 5 heteroatoms. The van der Waals surface area contributed by atoms with E-state index < -0.39 is 4.97 Å². The van der Waals surface area contributed by atoms with Gasteiger partial charge in [-0.05, 0) is 5.10 Å². The van der Waals surface area contributed by atoms with Gasteiger partial charge in [-0.2, -0.15) is 0 Å². The molecule has 0 spiro atoms. The van der Waals surface area contributed by atoms with E-state index in [1.807, 2.05) is 0 Å². The van der Waals surface area contributed by atoms with Gasteiger partial charge in [-0.25, -0.2) is 0 Å². The molecule has 0 unspecified atom stereocenters. The zero-order chi connectivity index (χ0) is 5.21. The van der Waals surface area contributed by atoms with Crippen LogP contribution in [0.4, 0.5) is 0 Å². The summed E-state index contributed by atoms with van der Waals surface area (Å²) in [5.41, 5.74) is 0. The number of nitrogens with two attached hydrogens (primary N) is 2. The molecule has 0 aromatic heterocycles. The summed E-state index contributed by atoms with van der Waals surface area (Å²) in [6.45, 7) is 2.85. The van der Waals surface area contributed by atoms with Crippen LogP contribution in [0.25, 0.3) is 0 Å². The Morgan fingerprint density at radius 2 is 1.83 bits per heavy atom. The van der Waals surface area contributed by atoms with Crippen molar-refractivity contribution >= 4 is 6.72 Å². The molecule has 0 amide bonds. The highest BCUT2D eigenvalue weighted by atomic mass is 16.7. The molecule has 0 aromatic carbocycles. The molecular weight excluding hydrogens is 84.0 g/mol. The van der Waals surface area contributed by atoms with Gasteiger partial charge >= 0.3 is 0 Å². The third-order valence-electron chi connectivity index (χ3n) is 0.227. The Bertz CT molecular complexity index is 53.1. The molecule has 0 aliphatic heterocycles. The van der Waals surface area contributed by atoms with Crippen LogP contribution in [0.3, 0.4) is 0 Å². The van der Waals surface area contributed by atoms with Gasteiger partial charge in [0, 0.05) is 0 Å². The molecular formula is CH7N4O+. The molecule has 0 bridgehead atoms. The molecule has 0 saturated heterocycles. The predicted molar refractivity (Wildman–Crippen MR) is 20.0 cm³/mol. The molecule has 0 rings (SSSR count). The molecule has 0 atom stereocenters. The van der Waals surface area contributed by atoms with Crippen molar-refractivity contribution in [2.45, 2.75) is 0 Å². The highest BCUT2D eigenvalue weighted by Crippen LogP contribution is 1.70. The Balaban J connectivity index is 3.45. The molecule has 0 aromatic rings. The topological polar surface area (TPSA) is 84.6 Å². The number of hydrogen-bond donors (Lipinski definition) is 3. The summed E-state index contributed by atoms with van der Waals surface area (Å²) in [5.74, 6) is 9.15. The van der Waals surface area contributed by atoms with Gasteiger partial charge < -0.3 is 0 Å².